The Kier molecular flexibility index (Phi) is 6.99. The number of methoxy groups -OCH3 is 1. The van der Waals surface area contributed by atoms with Crippen LogP contribution in [0.5, 0.6) is 11.5 Å². The van der Waals surface area contributed by atoms with Gasteiger partial charge in [0.25, 0.3) is 5.91 Å². The fourth-order valence-electron chi connectivity index (χ4n) is 3.42. The highest BCUT2D eigenvalue weighted by molar-refractivity contribution is 6.30. The van der Waals surface area contributed by atoms with Crippen LogP contribution in [0.4, 0.5) is 0 Å². The van der Waals surface area contributed by atoms with Gasteiger partial charge in [-0.3, -0.25) is 4.79 Å². The van der Waals surface area contributed by atoms with Gasteiger partial charge in [-0.25, -0.2) is 0 Å². The van der Waals surface area contributed by atoms with E-state index in [1.54, 1.807) is 25.3 Å². The standard InChI is InChI=1S/C22H26ClNO3/c1-26-21-13-8-16(22(25)24-19-6-4-2-3-5-7-19)14-17(21)15-27-20-11-9-18(23)10-12-20/h8-14,19H,2-7,15H2,1H3,(H,24,25). The predicted molar refractivity (Wildman–Crippen MR) is 108 cm³/mol. The quantitative estimate of drug-likeness (QED) is 0.677. The summed E-state index contributed by atoms with van der Waals surface area (Å²) < 4.78 is 11.2. The van der Waals surface area contributed by atoms with Crippen LogP contribution in [-0.2, 0) is 6.61 Å². The van der Waals surface area contributed by atoms with Crippen molar-refractivity contribution >= 4 is 17.5 Å². The zero-order valence-corrected chi connectivity index (χ0v) is 16.4. The van der Waals surface area contributed by atoms with Crippen LogP contribution >= 0.6 is 11.6 Å². The first-order valence-corrected chi connectivity index (χ1v) is 9.89. The Morgan fingerprint density at radius 3 is 2.44 bits per heavy atom. The average molecular weight is 388 g/mol. The second kappa shape index (κ2) is 9.65. The molecule has 1 fully saturated rings. The molecule has 0 saturated heterocycles. The maximum atomic E-state index is 12.7. The number of rotatable bonds is 6. The second-order valence-electron chi connectivity index (χ2n) is 6.93. The molecule has 5 heteroatoms. The van der Waals surface area contributed by atoms with E-state index in [1.807, 2.05) is 24.3 Å². The van der Waals surface area contributed by atoms with Crippen molar-refractivity contribution in [3.63, 3.8) is 0 Å². The Morgan fingerprint density at radius 2 is 1.78 bits per heavy atom. The monoisotopic (exact) mass is 387 g/mol. The minimum atomic E-state index is -0.0303. The number of amides is 1. The summed E-state index contributed by atoms with van der Waals surface area (Å²) in [6.45, 7) is 0.315. The van der Waals surface area contributed by atoms with E-state index in [2.05, 4.69) is 5.32 Å². The maximum Gasteiger partial charge on any atom is 0.251 e. The smallest absolute Gasteiger partial charge is 0.251 e. The van der Waals surface area contributed by atoms with Gasteiger partial charge in [0.1, 0.15) is 18.1 Å². The molecule has 0 heterocycles. The minimum absolute atomic E-state index is 0.0303. The molecular weight excluding hydrogens is 362 g/mol. The first-order valence-electron chi connectivity index (χ1n) is 9.52. The molecular formula is C22H26ClNO3. The number of hydrogen-bond acceptors (Lipinski definition) is 3. The van der Waals surface area contributed by atoms with Crippen LogP contribution < -0.4 is 14.8 Å². The van der Waals surface area contributed by atoms with Crippen LogP contribution in [0.25, 0.3) is 0 Å². The molecule has 0 unspecified atom stereocenters. The average Bonchev–Trinajstić information content (AvgIpc) is 2.96. The summed E-state index contributed by atoms with van der Waals surface area (Å²) in [5.41, 5.74) is 1.47. The van der Waals surface area contributed by atoms with Crippen molar-refractivity contribution in [2.75, 3.05) is 7.11 Å². The van der Waals surface area contributed by atoms with Crippen LogP contribution in [0.3, 0.4) is 0 Å². The van der Waals surface area contributed by atoms with Crippen molar-refractivity contribution in [1.82, 2.24) is 5.32 Å². The third kappa shape index (κ3) is 5.64. The van der Waals surface area contributed by atoms with Gasteiger partial charge in [0, 0.05) is 22.2 Å². The van der Waals surface area contributed by atoms with Gasteiger partial charge in [-0.05, 0) is 55.3 Å². The van der Waals surface area contributed by atoms with Crippen molar-refractivity contribution in [1.29, 1.82) is 0 Å². The van der Waals surface area contributed by atoms with Crippen molar-refractivity contribution in [3.8, 4) is 11.5 Å². The number of ether oxygens (including phenoxy) is 2. The lowest BCUT2D eigenvalue weighted by Crippen LogP contribution is -2.34. The zero-order chi connectivity index (χ0) is 19.1. The first kappa shape index (κ1) is 19.6. The molecule has 0 radical (unpaired) electrons. The van der Waals surface area contributed by atoms with E-state index in [9.17, 15) is 4.79 Å². The molecule has 0 spiro atoms. The molecule has 4 nitrogen and oxygen atoms in total. The topological polar surface area (TPSA) is 47.6 Å². The van der Waals surface area contributed by atoms with E-state index in [1.165, 1.54) is 25.7 Å². The lowest BCUT2D eigenvalue weighted by atomic mass is 10.1. The van der Waals surface area contributed by atoms with Gasteiger partial charge in [0.05, 0.1) is 7.11 Å². The summed E-state index contributed by atoms with van der Waals surface area (Å²) >= 11 is 5.90. The van der Waals surface area contributed by atoms with Gasteiger partial charge >= 0.3 is 0 Å². The Morgan fingerprint density at radius 1 is 1.07 bits per heavy atom. The molecule has 3 rings (SSSR count). The molecule has 2 aromatic rings. The molecule has 1 N–H and O–H groups in total. The first-order chi connectivity index (χ1) is 13.2. The Labute approximate surface area is 165 Å². The molecule has 1 saturated carbocycles. The molecule has 1 aliphatic rings. The Hall–Kier alpha value is -2.20. The lowest BCUT2D eigenvalue weighted by Gasteiger charge is -2.17. The number of halogens is 1. The second-order valence-corrected chi connectivity index (χ2v) is 7.37. The van der Waals surface area contributed by atoms with Gasteiger partial charge in [-0.1, -0.05) is 37.3 Å². The van der Waals surface area contributed by atoms with Crippen LogP contribution in [0.1, 0.15) is 54.4 Å². The van der Waals surface area contributed by atoms with E-state index in [0.29, 0.717) is 22.9 Å². The van der Waals surface area contributed by atoms with Gasteiger partial charge < -0.3 is 14.8 Å². The van der Waals surface area contributed by atoms with Gasteiger partial charge in [0.2, 0.25) is 0 Å². The van der Waals surface area contributed by atoms with Crippen molar-refractivity contribution in [3.05, 3.63) is 58.6 Å². The molecule has 1 aliphatic carbocycles. The third-order valence-corrected chi connectivity index (χ3v) is 5.19. The molecule has 27 heavy (non-hydrogen) atoms. The summed E-state index contributed by atoms with van der Waals surface area (Å²) in [5, 5.41) is 3.85. The predicted octanol–water partition coefficient (Wildman–Crippen LogP) is 5.38. The van der Waals surface area contributed by atoms with Gasteiger partial charge in [0.15, 0.2) is 0 Å². The molecule has 144 valence electrons. The highest BCUT2D eigenvalue weighted by Crippen LogP contribution is 2.24. The highest BCUT2D eigenvalue weighted by Gasteiger charge is 2.17. The molecule has 0 bridgehead atoms. The van der Waals surface area contributed by atoms with Crippen LogP contribution in [0, 0.1) is 0 Å². The molecule has 1 amide bonds. The number of benzene rings is 2. The van der Waals surface area contributed by atoms with E-state index >= 15 is 0 Å². The van der Waals surface area contributed by atoms with Crippen LogP contribution in [0.2, 0.25) is 5.02 Å². The van der Waals surface area contributed by atoms with Crippen molar-refractivity contribution < 1.29 is 14.3 Å². The van der Waals surface area contributed by atoms with Crippen LogP contribution in [0.15, 0.2) is 42.5 Å². The van der Waals surface area contributed by atoms with E-state index < -0.39 is 0 Å². The third-order valence-electron chi connectivity index (χ3n) is 4.94. The number of hydrogen-bond donors (Lipinski definition) is 1. The summed E-state index contributed by atoms with van der Waals surface area (Å²) in [4.78, 5) is 12.7. The normalized spacial score (nSPS) is 15.0. The lowest BCUT2D eigenvalue weighted by molar-refractivity contribution is 0.0933. The minimum Gasteiger partial charge on any atom is -0.496 e. The van der Waals surface area contributed by atoms with Gasteiger partial charge in [-0.15, -0.1) is 0 Å². The number of carbonyl (C=O) groups is 1. The SMILES string of the molecule is COc1ccc(C(=O)NC2CCCCCC2)cc1COc1ccc(Cl)cc1. The van der Waals surface area contributed by atoms with Crippen molar-refractivity contribution in [2.45, 2.75) is 51.2 Å². The Balaban J connectivity index is 1.68. The Bertz CT molecular complexity index is 753. The fraction of sp³-hybridized carbons (Fsp3) is 0.409. The fourth-order valence-corrected chi connectivity index (χ4v) is 3.54. The molecule has 2 aromatic carbocycles. The van der Waals surface area contributed by atoms with Crippen LogP contribution in [-0.4, -0.2) is 19.1 Å². The number of nitrogens with one attached hydrogen (secondary N) is 1. The van der Waals surface area contributed by atoms with E-state index in [0.717, 1.165) is 24.2 Å². The van der Waals surface area contributed by atoms with E-state index in [4.69, 9.17) is 21.1 Å². The zero-order valence-electron chi connectivity index (χ0n) is 15.7. The molecule has 0 aromatic heterocycles. The summed E-state index contributed by atoms with van der Waals surface area (Å²) in [7, 11) is 1.62. The number of carbonyl (C=O) groups excluding carboxylic acids is 1. The van der Waals surface area contributed by atoms with E-state index in [-0.39, 0.29) is 11.9 Å². The van der Waals surface area contributed by atoms with Gasteiger partial charge in [-0.2, -0.15) is 0 Å². The summed E-state index contributed by atoms with van der Waals surface area (Å²) in [5.74, 6) is 1.39. The van der Waals surface area contributed by atoms with Crippen molar-refractivity contribution in [2.24, 2.45) is 0 Å². The summed E-state index contributed by atoms with van der Waals surface area (Å²) in [6, 6.07) is 12.9. The molecule has 0 aliphatic heterocycles. The maximum absolute atomic E-state index is 12.7. The largest absolute Gasteiger partial charge is 0.496 e. The highest BCUT2D eigenvalue weighted by atomic mass is 35.5. The molecule has 0 atom stereocenters. The summed E-state index contributed by atoms with van der Waals surface area (Å²) in [6.07, 6.45) is 7.03.